The predicted octanol–water partition coefficient (Wildman–Crippen LogP) is 2.53. The Balaban J connectivity index is 2.12. The average molecular weight is 285 g/mol. The Hall–Kier alpha value is -2.76. The molecule has 3 rings (SSSR count). The second-order valence-corrected chi connectivity index (χ2v) is 4.56. The molecule has 0 bridgehead atoms. The summed E-state index contributed by atoms with van der Waals surface area (Å²) in [6, 6.07) is 5.32. The summed E-state index contributed by atoms with van der Waals surface area (Å²) in [7, 11) is 0. The minimum absolute atomic E-state index is 0.0313. The maximum Gasteiger partial charge on any atom is 0.198 e. The molecule has 0 spiro atoms. The lowest BCUT2D eigenvalue weighted by Crippen LogP contribution is -2.04. The molecule has 0 aliphatic rings. The Morgan fingerprint density at radius 1 is 1.38 bits per heavy atom. The fraction of sp³-hybridized carbons (Fsp3) is 0.133. The van der Waals surface area contributed by atoms with Gasteiger partial charge in [0.1, 0.15) is 11.6 Å². The maximum absolute atomic E-state index is 13.2. The lowest BCUT2D eigenvalue weighted by atomic mass is 10.0. The van der Waals surface area contributed by atoms with Gasteiger partial charge in [-0.3, -0.25) is 4.79 Å². The fourth-order valence-corrected chi connectivity index (χ4v) is 2.20. The molecule has 2 aromatic heterocycles. The summed E-state index contributed by atoms with van der Waals surface area (Å²) in [5.41, 5.74) is 0.698. The molecule has 0 saturated heterocycles. The molecule has 0 unspecified atom stereocenters. The average Bonchev–Trinajstić information content (AvgIpc) is 2.91. The van der Waals surface area contributed by atoms with Crippen LogP contribution in [0, 0.1) is 5.82 Å². The molecule has 0 aliphatic carbocycles. The van der Waals surface area contributed by atoms with Crippen molar-refractivity contribution in [1.29, 1.82) is 0 Å². The summed E-state index contributed by atoms with van der Waals surface area (Å²) >= 11 is 0. The van der Waals surface area contributed by atoms with Gasteiger partial charge in [-0.15, -0.1) is 0 Å². The number of ketones is 1. The van der Waals surface area contributed by atoms with Crippen molar-refractivity contribution in [3.05, 3.63) is 53.6 Å². The van der Waals surface area contributed by atoms with Crippen LogP contribution in [-0.2, 0) is 6.54 Å². The predicted molar refractivity (Wildman–Crippen MR) is 74.7 cm³/mol. The minimum atomic E-state index is -0.506. The molecule has 0 saturated carbocycles. The molecule has 21 heavy (non-hydrogen) atoms. The number of fused-ring (bicyclic) bond motifs is 1. The molecule has 0 atom stereocenters. The van der Waals surface area contributed by atoms with Crippen LogP contribution in [-0.4, -0.2) is 25.7 Å². The normalized spacial score (nSPS) is 11.0. The Kier molecular flexibility index (Phi) is 3.13. The number of pyridine rings is 1. The zero-order chi connectivity index (χ0) is 15.0. The molecule has 0 fully saturated rings. The van der Waals surface area contributed by atoms with Crippen LogP contribution in [0.3, 0.4) is 0 Å². The smallest absolute Gasteiger partial charge is 0.198 e. The Morgan fingerprint density at radius 2 is 2.19 bits per heavy atom. The number of aromatic nitrogens is 3. The zero-order valence-electron chi connectivity index (χ0n) is 11.2. The number of aromatic hydroxyl groups is 1. The summed E-state index contributed by atoms with van der Waals surface area (Å²) in [5, 5.41) is 14.7. The van der Waals surface area contributed by atoms with Gasteiger partial charge in [0.2, 0.25) is 0 Å². The molecule has 1 aromatic carbocycles. The molecular formula is C15H12FN3O2. The van der Waals surface area contributed by atoms with E-state index in [0.29, 0.717) is 17.6 Å². The third kappa shape index (κ3) is 2.14. The van der Waals surface area contributed by atoms with Gasteiger partial charge in [-0.05, 0) is 19.1 Å². The second-order valence-electron chi connectivity index (χ2n) is 4.56. The van der Waals surface area contributed by atoms with Crippen molar-refractivity contribution < 1.29 is 14.3 Å². The zero-order valence-corrected chi connectivity index (χ0v) is 11.2. The van der Waals surface area contributed by atoms with E-state index in [4.69, 9.17) is 0 Å². The van der Waals surface area contributed by atoms with E-state index >= 15 is 0 Å². The van der Waals surface area contributed by atoms with E-state index in [2.05, 4.69) is 10.1 Å². The molecule has 5 nitrogen and oxygen atoms in total. The van der Waals surface area contributed by atoms with Crippen molar-refractivity contribution in [2.24, 2.45) is 0 Å². The molecular weight excluding hydrogens is 273 g/mol. The third-order valence-electron chi connectivity index (χ3n) is 3.27. The van der Waals surface area contributed by atoms with Crippen molar-refractivity contribution in [2.45, 2.75) is 13.5 Å². The van der Waals surface area contributed by atoms with Crippen molar-refractivity contribution in [3.63, 3.8) is 0 Å². The second kappa shape index (κ2) is 4.97. The van der Waals surface area contributed by atoms with Gasteiger partial charge < -0.3 is 5.11 Å². The number of carbonyl (C=O) groups excluding carboxylic acids is 1. The van der Waals surface area contributed by atoms with Crippen molar-refractivity contribution >= 4 is 16.8 Å². The van der Waals surface area contributed by atoms with Gasteiger partial charge in [0.05, 0.1) is 17.1 Å². The number of halogens is 1. The van der Waals surface area contributed by atoms with E-state index in [1.54, 1.807) is 4.68 Å². The van der Waals surface area contributed by atoms with E-state index in [0.717, 1.165) is 6.07 Å². The highest BCUT2D eigenvalue weighted by atomic mass is 19.1. The van der Waals surface area contributed by atoms with Crippen molar-refractivity contribution in [3.8, 4) is 5.75 Å². The summed E-state index contributed by atoms with van der Waals surface area (Å²) in [6.45, 7) is 2.50. The Morgan fingerprint density at radius 3 is 2.90 bits per heavy atom. The number of hydrogen-bond donors (Lipinski definition) is 1. The van der Waals surface area contributed by atoms with E-state index < -0.39 is 11.6 Å². The molecule has 0 radical (unpaired) electrons. The minimum Gasteiger partial charge on any atom is -0.506 e. The number of nitrogens with zero attached hydrogens (tertiary/aromatic N) is 3. The fourth-order valence-electron chi connectivity index (χ4n) is 2.20. The van der Waals surface area contributed by atoms with Crippen LogP contribution in [0.5, 0.6) is 5.75 Å². The highest BCUT2D eigenvalue weighted by molar-refractivity contribution is 6.12. The van der Waals surface area contributed by atoms with Crippen LogP contribution in [0.15, 0.2) is 36.7 Å². The molecule has 106 valence electrons. The van der Waals surface area contributed by atoms with Crippen molar-refractivity contribution in [2.75, 3.05) is 0 Å². The monoisotopic (exact) mass is 285 g/mol. The Labute approximate surface area is 119 Å². The molecule has 3 aromatic rings. The van der Waals surface area contributed by atoms with Gasteiger partial charge in [-0.1, -0.05) is 12.1 Å². The van der Waals surface area contributed by atoms with E-state index in [9.17, 15) is 14.3 Å². The van der Waals surface area contributed by atoms with Gasteiger partial charge in [0.25, 0.3) is 0 Å². The molecule has 1 N–H and O–H groups in total. The topological polar surface area (TPSA) is 68.0 Å². The van der Waals surface area contributed by atoms with Crippen LogP contribution >= 0.6 is 0 Å². The molecule has 2 heterocycles. The first-order valence-corrected chi connectivity index (χ1v) is 6.45. The van der Waals surface area contributed by atoms with Crippen LogP contribution < -0.4 is 0 Å². The largest absolute Gasteiger partial charge is 0.506 e. The van der Waals surface area contributed by atoms with Crippen LogP contribution in [0.1, 0.15) is 22.8 Å². The number of hydrogen-bond acceptors (Lipinski definition) is 4. The molecule has 6 heteroatoms. The van der Waals surface area contributed by atoms with Gasteiger partial charge >= 0.3 is 0 Å². The quantitative estimate of drug-likeness (QED) is 0.751. The SMILES string of the molecule is CCn1ncc2c(O)c(C(=O)c3cccc(F)c3)cnc21. The lowest BCUT2D eigenvalue weighted by molar-refractivity contribution is 0.103. The van der Waals surface area contributed by atoms with Crippen LogP contribution in [0.2, 0.25) is 0 Å². The highest BCUT2D eigenvalue weighted by Gasteiger charge is 2.18. The maximum atomic E-state index is 13.2. The number of rotatable bonds is 3. The van der Waals surface area contributed by atoms with Gasteiger partial charge in [-0.2, -0.15) is 5.10 Å². The number of benzene rings is 1. The summed E-state index contributed by atoms with van der Waals surface area (Å²) in [5.74, 6) is -1.17. The summed E-state index contributed by atoms with van der Waals surface area (Å²) < 4.78 is 14.8. The van der Waals surface area contributed by atoms with E-state index in [1.165, 1.54) is 30.6 Å². The van der Waals surface area contributed by atoms with E-state index in [1.807, 2.05) is 6.92 Å². The standard InChI is InChI=1S/C15H12FN3O2/c1-2-19-15-12(8-18-19)14(21)11(7-17-15)13(20)9-4-3-5-10(16)6-9/h3-8H,2H2,1H3,(H,17,21). The molecule has 0 amide bonds. The molecule has 0 aliphatic heterocycles. The number of carbonyl (C=O) groups is 1. The van der Waals surface area contributed by atoms with E-state index in [-0.39, 0.29) is 16.9 Å². The first-order valence-electron chi connectivity index (χ1n) is 6.45. The van der Waals surface area contributed by atoms with Crippen LogP contribution in [0.4, 0.5) is 4.39 Å². The van der Waals surface area contributed by atoms with Crippen LogP contribution in [0.25, 0.3) is 11.0 Å². The lowest BCUT2D eigenvalue weighted by Gasteiger charge is -2.05. The Bertz CT molecular complexity index is 842. The highest BCUT2D eigenvalue weighted by Crippen LogP contribution is 2.28. The number of aryl methyl sites for hydroxylation is 1. The summed E-state index contributed by atoms with van der Waals surface area (Å²) in [6.07, 6.45) is 2.75. The van der Waals surface area contributed by atoms with Gasteiger partial charge in [-0.25, -0.2) is 14.1 Å². The first-order chi connectivity index (χ1) is 10.1. The third-order valence-corrected chi connectivity index (χ3v) is 3.27. The first kappa shape index (κ1) is 13.2. The summed E-state index contributed by atoms with van der Waals surface area (Å²) in [4.78, 5) is 16.5. The van der Waals surface area contributed by atoms with Gasteiger partial charge in [0.15, 0.2) is 11.4 Å². The van der Waals surface area contributed by atoms with Gasteiger partial charge in [0, 0.05) is 18.3 Å². The van der Waals surface area contributed by atoms with Crippen molar-refractivity contribution in [1.82, 2.24) is 14.8 Å².